The Balaban J connectivity index is 2.36. The van der Waals surface area contributed by atoms with Gasteiger partial charge in [0.05, 0.1) is 12.1 Å². The van der Waals surface area contributed by atoms with Crippen molar-refractivity contribution < 1.29 is 5.11 Å². The second-order valence-corrected chi connectivity index (χ2v) is 5.90. The Hall–Kier alpha value is -1.03. The van der Waals surface area contributed by atoms with Crippen LogP contribution in [0.15, 0.2) is 53.0 Å². The highest BCUT2D eigenvalue weighted by Crippen LogP contribution is 2.31. The van der Waals surface area contributed by atoms with Crippen LogP contribution < -0.4 is 5.32 Å². The van der Waals surface area contributed by atoms with Gasteiger partial charge in [-0.15, -0.1) is 0 Å². The predicted molar refractivity (Wildman–Crippen MR) is 83.7 cm³/mol. The Morgan fingerprint density at radius 3 is 2.58 bits per heavy atom. The minimum Gasteiger partial charge on any atom is -0.394 e. The fourth-order valence-electron chi connectivity index (χ4n) is 1.99. The van der Waals surface area contributed by atoms with E-state index in [0.29, 0.717) is 5.02 Å². The summed E-state index contributed by atoms with van der Waals surface area (Å²) < 4.78 is 0.959. The molecule has 0 bridgehead atoms. The van der Waals surface area contributed by atoms with Crippen molar-refractivity contribution in [3.8, 4) is 0 Å². The molecule has 1 unspecified atom stereocenters. The Morgan fingerprint density at radius 2 is 1.95 bits per heavy atom. The third kappa shape index (κ3) is 3.30. The Labute approximate surface area is 126 Å². The number of nitrogens with one attached hydrogen (secondary N) is 1. The second kappa shape index (κ2) is 5.95. The molecule has 0 aliphatic rings. The summed E-state index contributed by atoms with van der Waals surface area (Å²) in [6.45, 7) is 1.93. The highest BCUT2D eigenvalue weighted by molar-refractivity contribution is 9.10. The minimum atomic E-state index is -0.579. The molecular weight excluding hydrogens is 326 g/mol. The van der Waals surface area contributed by atoms with Crippen LogP contribution in [0.4, 0.5) is 5.69 Å². The molecule has 2 nitrogen and oxygen atoms in total. The number of hydrogen-bond acceptors (Lipinski definition) is 2. The molecule has 0 spiro atoms. The quantitative estimate of drug-likeness (QED) is 0.863. The molecule has 2 N–H and O–H groups in total. The topological polar surface area (TPSA) is 32.3 Å². The first-order valence-corrected chi connectivity index (χ1v) is 7.12. The Bertz CT molecular complexity index is 576. The number of aliphatic hydroxyl groups excluding tert-OH is 1. The van der Waals surface area contributed by atoms with Crippen molar-refractivity contribution in [1.29, 1.82) is 0 Å². The van der Waals surface area contributed by atoms with Gasteiger partial charge in [-0.05, 0) is 36.8 Å². The molecule has 0 heterocycles. The lowest BCUT2D eigenvalue weighted by atomic mass is 9.92. The number of aliphatic hydroxyl groups is 1. The summed E-state index contributed by atoms with van der Waals surface area (Å²) in [4.78, 5) is 0. The highest BCUT2D eigenvalue weighted by atomic mass is 79.9. The van der Waals surface area contributed by atoms with Crippen molar-refractivity contribution in [2.75, 3.05) is 11.9 Å². The van der Waals surface area contributed by atoms with Gasteiger partial charge in [-0.2, -0.15) is 0 Å². The van der Waals surface area contributed by atoms with E-state index >= 15 is 0 Å². The summed E-state index contributed by atoms with van der Waals surface area (Å²) in [6.07, 6.45) is 0. The molecule has 1 atom stereocenters. The van der Waals surface area contributed by atoms with E-state index in [0.717, 1.165) is 15.7 Å². The van der Waals surface area contributed by atoms with Gasteiger partial charge in [0.25, 0.3) is 0 Å². The lowest BCUT2D eigenvalue weighted by Gasteiger charge is -2.31. The molecule has 2 rings (SSSR count). The third-order valence-corrected chi connectivity index (χ3v) is 3.96. The number of halogens is 2. The molecule has 0 amide bonds. The molecule has 2 aromatic rings. The van der Waals surface area contributed by atoms with Crippen LogP contribution in [0, 0.1) is 0 Å². The zero-order valence-corrected chi connectivity index (χ0v) is 12.9. The van der Waals surface area contributed by atoms with Crippen LogP contribution >= 0.6 is 27.5 Å². The summed E-state index contributed by atoms with van der Waals surface area (Å²) in [5.41, 5.74) is 1.29. The van der Waals surface area contributed by atoms with Crippen molar-refractivity contribution in [2.24, 2.45) is 0 Å². The zero-order valence-electron chi connectivity index (χ0n) is 10.5. The molecule has 4 heteroatoms. The van der Waals surface area contributed by atoms with E-state index in [1.807, 2.05) is 55.5 Å². The number of anilines is 1. The third-order valence-electron chi connectivity index (χ3n) is 3.03. The Kier molecular flexibility index (Phi) is 4.50. The van der Waals surface area contributed by atoms with Crippen molar-refractivity contribution >= 4 is 33.2 Å². The van der Waals surface area contributed by atoms with Crippen molar-refractivity contribution in [2.45, 2.75) is 12.5 Å². The maximum Gasteiger partial charge on any atom is 0.0839 e. The van der Waals surface area contributed by atoms with Gasteiger partial charge in [-0.1, -0.05) is 51.8 Å². The number of benzene rings is 2. The summed E-state index contributed by atoms with van der Waals surface area (Å²) in [6, 6.07) is 15.3. The molecule has 0 fully saturated rings. The van der Waals surface area contributed by atoms with Gasteiger partial charge in [0.2, 0.25) is 0 Å². The van der Waals surface area contributed by atoms with Crippen molar-refractivity contribution in [1.82, 2.24) is 0 Å². The van der Waals surface area contributed by atoms with E-state index in [1.165, 1.54) is 0 Å². The summed E-state index contributed by atoms with van der Waals surface area (Å²) in [5.74, 6) is 0. The summed E-state index contributed by atoms with van der Waals surface area (Å²) >= 11 is 9.51. The fourth-order valence-corrected chi connectivity index (χ4v) is 2.90. The van der Waals surface area contributed by atoms with Crippen LogP contribution in [0.2, 0.25) is 5.02 Å². The lowest BCUT2D eigenvalue weighted by molar-refractivity contribution is 0.223. The van der Waals surface area contributed by atoms with Crippen molar-refractivity contribution in [3.63, 3.8) is 0 Å². The molecular formula is C15H15BrClNO. The molecule has 0 aliphatic heterocycles. The molecule has 100 valence electrons. The molecule has 0 radical (unpaired) electrons. The summed E-state index contributed by atoms with van der Waals surface area (Å²) in [7, 11) is 0. The van der Waals surface area contributed by atoms with Crippen LogP contribution in [-0.2, 0) is 5.54 Å². The first-order valence-electron chi connectivity index (χ1n) is 5.95. The summed E-state index contributed by atoms with van der Waals surface area (Å²) in [5, 5.41) is 13.8. The second-order valence-electron chi connectivity index (χ2n) is 4.61. The van der Waals surface area contributed by atoms with Gasteiger partial charge in [0.1, 0.15) is 0 Å². The molecule has 0 saturated heterocycles. The van der Waals surface area contributed by atoms with Gasteiger partial charge in [-0.25, -0.2) is 0 Å². The van der Waals surface area contributed by atoms with E-state index in [-0.39, 0.29) is 6.61 Å². The minimum absolute atomic E-state index is 0.0257. The van der Waals surface area contributed by atoms with E-state index in [9.17, 15) is 5.11 Å². The van der Waals surface area contributed by atoms with Crippen molar-refractivity contribution in [3.05, 3.63) is 63.6 Å². The number of rotatable bonds is 4. The standard InChI is InChI=1S/C15H15BrClNO/c1-15(10-19,13-7-2-3-8-14(13)16)18-12-6-4-5-11(17)9-12/h2-9,18-19H,10H2,1H3. The maximum atomic E-state index is 9.78. The maximum absolute atomic E-state index is 9.78. The largest absolute Gasteiger partial charge is 0.394 e. The average Bonchev–Trinajstić information content (AvgIpc) is 2.39. The monoisotopic (exact) mass is 339 g/mol. The molecule has 0 aliphatic carbocycles. The van der Waals surface area contributed by atoms with Gasteiger partial charge in [0, 0.05) is 15.2 Å². The lowest BCUT2D eigenvalue weighted by Crippen LogP contribution is -2.36. The molecule has 2 aromatic carbocycles. The smallest absolute Gasteiger partial charge is 0.0839 e. The van der Waals surface area contributed by atoms with E-state index in [4.69, 9.17) is 11.6 Å². The van der Waals surface area contributed by atoms with Crippen LogP contribution in [0.25, 0.3) is 0 Å². The highest BCUT2D eigenvalue weighted by Gasteiger charge is 2.27. The molecule has 19 heavy (non-hydrogen) atoms. The average molecular weight is 341 g/mol. The van der Waals surface area contributed by atoms with E-state index < -0.39 is 5.54 Å². The van der Waals surface area contributed by atoms with Crippen LogP contribution in [0.1, 0.15) is 12.5 Å². The normalized spacial score (nSPS) is 13.9. The predicted octanol–water partition coefficient (Wildman–Crippen LogP) is 4.42. The van der Waals surface area contributed by atoms with E-state index in [1.54, 1.807) is 0 Å². The molecule has 0 aromatic heterocycles. The first kappa shape index (κ1) is 14.4. The van der Waals surface area contributed by atoms with Crippen LogP contribution in [0.3, 0.4) is 0 Å². The fraction of sp³-hybridized carbons (Fsp3) is 0.200. The SMILES string of the molecule is CC(CO)(Nc1cccc(Cl)c1)c1ccccc1Br. The van der Waals surface area contributed by atoms with Gasteiger partial charge >= 0.3 is 0 Å². The Morgan fingerprint density at radius 1 is 1.21 bits per heavy atom. The number of hydrogen-bond donors (Lipinski definition) is 2. The van der Waals surface area contributed by atoms with Gasteiger partial charge < -0.3 is 10.4 Å². The molecule has 0 saturated carbocycles. The van der Waals surface area contributed by atoms with Gasteiger partial charge in [-0.3, -0.25) is 0 Å². The first-order chi connectivity index (χ1) is 9.05. The van der Waals surface area contributed by atoms with Gasteiger partial charge in [0.15, 0.2) is 0 Å². The van der Waals surface area contributed by atoms with E-state index in [2.05, 4.69) is 21.2 Å². The zero-order chi connectivity index (χ0) is 13.9. The van der Waals surface area contributed by atoms with Crippen LogP contribution in [-0.4, -0.2) is 11.7 Å². The van der Waals surface area contributed by atoms with Crippen LogP contribution in [0.5, 0.6) is 0 Å².